The molecule has 1 atom stereocenters. The highest BCUT2D eigenvalue weighted by molar-refractivity contribution is 7.89. The Kier molecular flexibility index (Phi) is 4.74. The first-order valence-electron chi connectivity index (χ1n) is 6.58. The Balaban J connectivity index is 1.84. The van der Waals surface area contributed by atoms with E-state index in [0.29, 0.717) is 18.0 Å². The molecule has 1 unspecified atom stereocenters. The normalized spacial score (nSPS) is 18.9. The first kappa shape index (κ1) is 15.0. The summed E-state index contributed by atoms with van der Waals surface area (Å²) in [6.07, 6.45) is 2.47. The maximum absolute atomic E-state index is 11.8. The molecule has 0 aromatic heterocycles. The minimum Gasteiger partial charge on any atom is -0.326 e. The van der Waals surface area contributed by atoms with E-state index in [-0.39, 0.29) is 10.8 Å². The zero-order valence-electron chi connectivity index (χ0n) is 11.1. The lowest BCUT2D eigenvalue weighted by Gasteiger charge is -2.09. The summed E-state index contributed by atoms with van der Waals surface area (Å²) < 4.78 is 22.2. The fourth-order valence-corrected chi connectivity index (χ4v) is 2.76. The van der Waals surface area contributed by atoms with Gasteiger partial charge in [0.15, 0.2) is 0 Å². The first-order chi connectivity index (χ1) is 9.45. The van der Waals surface area contributed by atoms with Crippen LogP contribution in [0.1, 0.15) is 19.3 Å². The summed E-state index contributed by atoms with van der Waals surface area (Å²) in [4.78, 5) is 11.8. The number of benzene rings is 1. The fourth-order valence-electron chi connectivity index (χ4n) is 2.25. The maximum atomic E-state index is 11.8. The molecule has 0 saturated carbocycles. The van der Waals surface area contributed by atoms with Crippen LogP contribution in [0.15, 0.2) is 29.2 Å². The van der Waals surface area contributed by atoms with E-state index in [9.17, 15) is 13.2 Å². The second-order valence-corrected chi connectivity index (χ2v) is 6.58. The molecular weight excluding hydrogens is 278 g/mol. The molecule has 1 aliphatic rings. The van der Waals surface area contributed by atoms with Gasteiger partial charge in [0.1, 0.15) is 0 Å². The van der Waals surface area contributed by atoms with Gasteiger partial charge in [-0.25, -0.2) is 13.6 Å². The average Bonchev–Trinajstić information content (AvgIpc) is 2.89. The van der Waals surface area contributed by atoms with Crippen LogP contribution in [0.5, 0.6) is 0 Å². The number of sulfonamides is 1. The van der Waals surface area contributed by atoms with Crippen molar-refractivity contribution >= 4 is 21.6 Å². The highest BCUT2D eigenvalue weighted by Gasteiger charge is 2.15. The van der Waals surface area contributed by atoms with Crippen LogP contribution in [0.3, 0.4) is 0 Å². The van der Waals surface area contributed by atoms with Crippen LogP contribution < -0.4 is 15.8 Å². The van der Waals surface area contributed by atoms with Crippen molar-refractivity contribution in [1.82, 2.24) is 5.32 Å². The number of nitrogens with two attached hydrogens (primary N) is 1. The molecule has 20 heavy (non-hydrogen) atoms. The molecule has 110 valence electrons. The highest BCUT2D eigenvalue weighted by Crippen LogP contribution is 2.16. The molecule has 0 spiro atoms. The second-order valence-electron chi connectivity index (χ2n) is 5.02. The Morgan fingerprint density at radius 3 is 2.60 bits per heavy atom. The lowest BCUT2D eigenvalue weighted by Crippen LogP contribution is -2.15. The summed E-state index contributed by atoms with van der Waals surface area (Å²) in [5.41, 5.74) is 0.576. The van der Waals surface area contributed by atoms with Gasteiger partial charge in [0.25, 0.3) is 0 Å². The van der Waals surface area contributed by atoms with Gasteiger partial charge in [-0.1, -0.05) is 0 Å². The van der Waals surface area contributed by atoms with E-state index < -0.39 is 10.0 Å². The van der Waals surface area contributed by atoms with Crippen molar-refractivity contribution in [2.75, 3.05) is 18.4 Å². The summed E-state index contributed by atoms with van der Waals surface area (Å²) in [6.45, 7) is 2.01. The standard InChI is InChI=1S/C13H19N3O3S/c14-20(18,19)12-4-2-11(3-5-12)16-13(17)6-1-10-7-8-15-9-10/h2-5,10,15H,1,6-9H2,(H,16,17)(H2,14,18,19). The summed E-state index contributed by atoms with van der Waals surface area (Å²) in [5.74, 6) is 0.519. The van der Waals surface area contributed by atoms with Crippen molar-refractivity contribution in [2.45, 2.75) is 24.2 Å². The molecule has 1 heterocycles. The van der Waals surface area contributed by atoms with Crippen molar-refractivity contribution in [3.05, 3.63) is 24.3 Å². The van der Waals surface area contributed by atoms with Gasteiger partial charge < -0.3 is 10.6 Å². The van der Waals surface area contributed by atoms with E-state index in [0.717, 1.165) is 25.9 Å². The quantitative estimate of drug-likeness (QED) is 0.743. The van der Waals surface area contributed by atoms with E-state index in [1.807, 2.05) is 0 Å². The Labute approximate surface area is 118 Å². The topological polar surface area (TPSA) is 101 Å². The number of nitrogens with one attached hydrogen (secondary N) is 2. The van der Waals surface area contributed by atoms with E-state index in [1.165, 1.54) is 24.3 Å². The van der Waals surface area contributed by atoms with Gasteiger partial charge in [-0.3, -0.25) is 4.79 Å². The molecule has 1 aromatic rings. The SMILES string of the molecule is NS(=O)(=O)c1ccc(NC(=O)CCC2CCNC2)cc1. The zero-order valence-corrected chi connectivity index (χ0v) is 11.9. The number of hydrogen-bond donors (Lipinski definition) is 3. The number of anilines is 1. The third kappa shape index (κ3) is 4.29. The first-order valence-corrected chi connectivity index (χ1v) is 8.13. The van der Waals surface area contributed by atoms with Crippen molar-refractivity contribution in [3.63, 3.8) is 0 Å². The number of carbonyl (C=O) groups is 1. The molecule has 2 rings (SSSR count). The molecule has 1 aromatic carbocycles. The van der Waals surface area contributed by atoms with Crippen molar-refractivity contribution in [2.24, 2.45) is 11.1 Å². The predicted octanol–water partition coefficient (Wildman–Crippen LogP) is 0.662. The smallest absolute Gasteiger partial charge is 0.238 e. The average molecular weight is 297 g/mol. The number of amides is 1. The molecule has 4 N–H and O–H groups in total. The summed E-state index contributed by atoms with van der Waals surface area (Å²) >= 11 is 0. The minimum absolute atomic E-state index is 0.0347. The molecule has 1 aliphatic heterocycles. The number of rotatable bonds is 5. The molecule has 1 amide bonds. The number of primary sulfonamides is 1. The number of hydrogen-bond acceptors (Lipinski definition) is 4. The Bertz CT molecular complexity index is 563. The van der Waals surface area contributed by atoms with Gasteiger partial charge in [0.2, 0.25) is 15.9 Å². The molecule has 1 fully saturated rings. The molecule has 7 heteroatoms. The lowest BCUT2D eigenvalue weighted by atomic mass is 10.0. The van der Waals surface area contributed by atoms with Crippen LogP contribution in [0.4, 0.5) is 5.69 Å². The van der Waals surface area contributed by atoms with Crippen LogP contribution in [-0.2, 0) is 14.8 Å². The fraction of sp³-hybridized carbons (Fsp3) is 0.462. The molecule has 1 saturated heterocycles. The van der Waals surface area contributed by atoms with Gasteiger partial charge in [-0.2, -0.15) is 0 Å². The van der Waals surface area contributed by atoms with Crippen LogP contribution in [-0.4, -0.2) is 27.4 Å². The Morgan fingerprint density at radius 2 is 2.05 bits per heavy atom. The third-order valence-corrected chi connectivity index (χ3v) is 4.34. The number of carbonyl (C=O) groups excluding carboxylic acids is 1. The van der Waals surface area contributed by atoms with E-state index >= 15 is 0 Å². The molecule has 0 aliphatic carbocycles. The van der Waals surface area contributed by atoms with Gasteiger partial charge in [0.05, 0.1) is 4.90 Å². The Hall–Kier alpha value is -1.44. The molecule has 6 nitrogen and oxygen atoms in total. The van der Waals surface area contributed by atoms with Gasteiger partial charge >= 0.3 is 0 Å². The summed E-state index contributed by atoms with van der Waals surface area (Å²) in [7, 11) is -3.69. The third-order valence-electron chi connectivity index (χ3n) is 3.41. The van der Waals surface area contributed by atoms with Gasteiger partial charge in [0, 0.05) is 12.1 Å². The van der Waals surface area contributed by atoms with E-state index in [1.54, 1.807) is 0 Å². The minimum atomic E-state index is -3.69. The van der Waals surface area contributed by atoms with Crippen molar-refractivity contribution < 1.29 is 13.2 Å². The van der Waals surface area contributed by atoms with Crippen molar-refractivity contribution in [3.8, 4) is 0 Å². The summed E-state index contributed by atoms with van der Waals surface area (Å²) in [6, 6.07) is 5.83. The highest BCUT2D eigenvalue weighted by atomic mass is 32.2. The van der Waals surface area contributed by atoms with E-state index in [4.69, 9.17) is 5.14 Å². The van der Waals surface area contributed by atoms with Crippen LogP contribution >= 0.6 is 0 Å². The summed E-state index contributed by atoms with van der Waals surface area (Å²) in [5, 5.41) is 11.0. The van der Waals surface area contributed by atoms with Crippen LogP contribution in [0.2, 0.25) is 0 Å². The zero-order chi connectivity index (χ0) is 14.6. The van der Waals surface area contributed by atoms with E-state index in [2.05, 4.69) is 10.6 Å². The molecular formula is C13H19N3O3S. The largest absolute Gasteiger partial charge is 0.326 e. The van der Waals surface area contributed by atoms with Crippen LogP contribution in [0.25, 0.3) is 0 Å². The second kappa shape index (κ2) is 6.34. The maximum Gasteiger partial charge on any atom is 0.238 e. The van der Waals surface area contributed by atoms with Gasteiger partial charge in [-0.05, 0) is 56.1 Å². The van der Waals surface area contributed by atoms with Crippen LogP contribution in [0, 0.1) is 5.92 Å². The lowest BCUT2D eigenvalue weighted by molar-refractivity contribution is -0.116. The predicted molar refractivity (Wildman–Crippen MR) is 76.7 cm³/mol. The monoisotopic (exact) mass is 297 g/mol. The molecule has 0 bridgehead atoms. The van der Waals surface area contributed by atoms with Crippen molar-refractivity contribution in [1.29, 1.82) is 0 Å². The Morgan fingerprint density at radius 1 is 1.35 bits per heavy atom. The molecule has 0 radical (unpaired) electrons. The van der Waals surface area contributed by atoms with Gasteiger partial charge in [-0.15, -0.1) is 0 Å².